The Kier molecular flexibility index (Phi) is 1.51. The molecule has 0 atom stereocenters. The zero-order chi connectivity index (χ0) is 8.72. The van der Waals surface area contributed by atoms with Crippen LogP contribution in [0.15, 0.2) is 12.4 Å². The highest BCUT2D eigenvalue weighted by atomic mass is 35.5. The molecule has 0 amide bonds. The van der Waals surface area contributed by atoms with Crippen LogP contribution >= 0.6 is 11.6 Å². The zero-order valence-corrected chi connectivity index (χ0v) is 7.01. The monoisotopic (exact) mass is 185 g/mol. The molecule has 5 heteroatoms. The van der Waals surface area contributed by atoms with Gasteiger partial charge < -0.3 is 0 Å². The van der Waals surface area contributed by atoms with E-state index in [1.165, 1.54) is 10.6 Å². The molecule has 62 valence electrons. The Balaban J connectivity index is 2.96. The second-order valence-electron chi connectivity index (χ2n) is 2.41. The van der Waals surface area contributed by atoms with Gasteiger partial charge in [-0.2, -0.15) is 4.39 Å². The summed E-state index contributed by atoms with van der Waals surface area (Å²) in [6.45, 7) is 1.70. The van der Waals surface area contributed by atoms with Gasteiger partial charge in [-0.15, -0.1) is 0 Å². The molecule has 2 heterocycles. The highest BCUT2D eigenvalue weighted by Crippen LogP contribution is 2.14. The first-order valence-electron chi connectivity index (χ1n) is 3.34. The van der Waals surface area contributed by atoms with Gasteiger partial charge in [-0.3, -0.25) is 4.40 Å². The number of imidazole rings is 1. The SMILES string of the molecule is Cc1ncc2cnc(Cl)c(F)n12. The van der Waals surface area contributed by atoms with Crippen molar-refractivity contribution in [2.24, 2.45) is 0 Å². The Morgan fingerprint density at radius 1 is 1.42 bits per heavy atom. The van der Waals surface area contributed by atoms with Crippen LogP contribution in [-0.2, 0) is 0 Å². The van der Waals surface area contributed by atoms with E-state index in [4.69, 9.17) is 11.6 Å². The number of aryl methyl sites for hydroxylation is 1. The summed E-state index contributed by atoms with van der Waals surface area (Å²) in [7, 11) is 0. The largest absolute Gasteiger partial charge is 0.269 e. The molecule has 0 aliphatic carbocycles. The number of fused-ring (bicyclic) bond motifs is 1. The second-order valence-corrected chi connectivity index (χ2v) is 2.76. The van der Waals surface area contributed by atoms with Gasteiger partial charge in [-0.25, -0.2) is 9.97 Å². The Hall–Kier alpha value is -1.16. The molecule has 0 N–H and O–H groups in total. The summed E-state index contributed by atoms with van der Waals surface area (Å²) in [5.41, 5.74) is 0.606. The van der Waals surface area contributed by atoms with Crippen LogP contribution < -0.4 is 0 Å². The van der Waals surface area contributed by atoms with Crippen molar-refractivity contribution in [3.05, 3.63) is 29.3 Å². The van der Waals surface area contributed by atoms with Crippen molar-refractivity contribution in [3.8, 4) is 0 Å². The van der Waals surface area contributed by atoms with Gasteiger partial charge in [0, 0.05) is 0 Å². The fourth-order valence-corrected chi connectivity index (χ4v) is 1.21. The maximum absolute atomic E-state index is 13.2. The maximum atomic E-state index is 13.2. The van der Waals surface area contributed by atoms with E-state index in [0.717, 1.165) is 0 Å². The average molecular weight is 186 g/mol. The van der Waals surface area contributed by atoms with Crippen LogP contribution in [0.4, 0.5) is 4.39 Å². The van der Waals surface area contributed by atoms with Gasteiger partial charge in [0.15, 0.2) is 5.15 Å². The summed E-state index contributed by atoms with van der Waals surface area (Å²) < 4.78 is 14.5. The van der Waals surface area contributed by atoms with Gasteiger partial charge in [0.05, 0.1) is 17.9 Å². The van der Waals surface area contributed by atoms with Crippen molar-refractivity contribution in [1.29, 1.82) is 0 Å². The molecule has 0 aromatic carbocycles. The molecule has 3 nitrogen and oxygen atoms in total. The minimum absolute atomic E-state index is 0.136. The Morgan fingerprint density at radius 2 is 2.08 bits per heavy atom. The lowest BCUT2D eigenvalue weighted by atomic mass is 10.5. The molecule has 0 saturated heterocycles. The first-order valence-corrected chi connectivity index (χ1v) is 3.72. The lowest BCUT2D eigenvalue weighted by Crippen LogP contribution is -1.97. The van der Waals surface area contributed by atoms with Gasteiger partial charge in [0.1, 0.15) is 5.82 Å². The summed E-state index contributed by atoms with van der Waals surface area (Å²) in [5.74, 6) is -0.00373. The molecule has 0 bridgehead atoms. The molecule has 12 heavy (non-hydrogen) atoms. The third-order valence-electron chi connectivity index (χ3n) is 1.64. The van der Waals surface area contributed by atoms with E-state index in [9.17, 15) is 4.39 Å². The number of hydrogen-bond donors (Lipinski definition) is 0. The Labute approximate surface area is 72.8 Å². The molecule has 0 fully saturated rings. The van der Waals surface area contributed by atoms with Crippen LogP contribution in [0.2, 0.25) is 5.15 Å². The van der Waals surface area contributed by atoms with E-state index in [-0.39, 0.29) is 5.15 Å². The minimum Gasteiger partial charge on any atom is -0.269 e. The highest BCUT2D eigenvalue weighted by molar-refractivity contribution is 6.29. The predicted octanol–water partition coefficient (Wildman–Crippen LogP) is 1.83. The Morgan fingerprint density at radius 3 is 2.83 bits per heavy atom. The molecule has 0 aliphatic heterocycles. The molecule has 0 saturated carbocycles. The van der Waals surface area contributed by atoms with Gasteiger partial charge >= 0.3 is 0 Å². The molecule has 0 unspecified atom stereocenters. The van der Waals surface area contributed by atoms with Crippen molar-refractivity contribution in [2.45, 2.75) is 6.92 Å². The lowest BCUT2D eigenvalue weighted by Gasteiger charge is -1.98. The van der Waals surface area contributed by atoms with Gasteiger partial charge in [-0.05, 0) is 6.92 Å². The van der Waals surface area contributed by atoms with Gasteiger partial charge in [0.2, 0.25) is 5.95 Å². The summed E-state index contributed by atoms with van der Waals surface area (Å²) in [4.78, 5) is 7.57. The maximum Gasteiger partial charge on any atom is 0.237 e. The van der Waals surface area contributed by atoms with Crippen LogP contribution in [0.3, 0.4) is 0 Å². The number of rotatable bonds is 0. The molecule has 2 aromatic heterocycles. The quantitative estimate of drug-likeness (QED) is 0.627. The number of halogens is 2. The van der Waals surface area contributed by atoms with Crippen molar-refractivity contribution in [3.63, 3.8) is 0 Å². The van der Waals surface area contributed by atoms with E-state index in [1.807, 2.05) is 0 Å². The lowest BCUT2D eigenvalue weighted by molar-refractivity contribution is 0.556. The molecule has 2 rings (SSSR count). The Bertz CT molecular complexity index is 437. The van der Waals surface area contributed by atoms with Gasteiger partial charge in [0.25, 0.3) is 0 Å². The number of hydrogen-bond acceptors (Lipinski definition) is 2. The van der Waals surface area contributed by atoms with Crippen LogP contribution in [-0.4, -0.2) is 14.4 Å². The first-order chi connectivity index (χ1) is 5.70. The van der Waals surface area contributed by atoms with E-state index in [2.05, 4.69) is 9.97 Å². The van der Waals surface area contributed by atoms with Crippen molar-refractivity contribution >= 4 is 17.1 Å². The smallest absolute Gasteiger partial charge is 0.237 e. The topological polar surface area (TPSA) is 30.2 Å². The molecule has 0 radical (unpaired) electrons. The van der Waals surface area contributed by atoms with Crippen molar-refractivity contribution < 1.29 is 4.39 Å². The third kappa shape index (κ3) is 0.881. The molecule has 2 aromatic rings. The molecule has 0 aliphatic rings. The zero-order valence-electron chi connectivity index (χ0n) is 6.25. The van der Waals surface area contributed by atoms with E-state index in [1.54, 1.807) is 13.1 Å². The summed E-state index contributed by atoms with van der Waals surface area (Å²) in [6.07, 6.45) is 3.02. The minimum atomic E-state index is -0.566. The molecule has 0 spiro atoms. The summed E-state index contributed by atoms with van der Waals surface area (Å²) in [6, 6.07) is 0. The first kappa shape index (κ1) is 7.49. The summed E-state index contributed by atoms with van der Waals surface area (Å²) in [5, 5.41) is -0.136. The fourth-order valence-electron chi connectivity index (χ4n) is 1.08. The van der Waals surface area contributed by atoms with Gasteiger partial charge in [-0.1, -0.05) is 11.6 Å². The van der Waals surface area contributed by atoms with E-state index >= 15 is 0 Å². The van der Waals surface area contributed by atoms with Crippen LogP contribution in [0, 0.1) is 12.9 Å². The fraction of sp³-hybridized carbons (Fsp3) is 0.143. The second kappa shape index (κ2) is 2.42. The summed E-state index contributed by atoms with van der Waals surface area (Å²) >= 11 is 5.48. The average Bonchev–Trinajstić information content (AvgIpc) is 2.41. The number of nitrogens with zero attached hydrogens (tertiary/aromatic N) is 3. The van der Waals surface area contributed by atoms with Crippen LogP contribution in [0.1, 0.15) is 5.82 Å². The molecular formula is C7H5ClFN3. The predicted molar refractivity (Wildman–Crippen MR) is 42.7 cm³/mol. The molecular weight excluding hydrogens is 181 g/mol. The third-order valence-corrected chi connectivity index (χ3v) is 1.90. The van der Waals surface area contributed by atoms with E-state index in [0.29, 0.717) is 11.3 Å². The van der Waals surface area contributed by atoms with Crippen molar-refractivity contribution in [2.75, 3.05) is 0 Å². The highest BCUT2D eigenvalue weighted by Gasteiger charge is 2.08. The van der Waals surface area contributed by atoms with E-state index < -0.39 is 5.95 Å². The number of aromatic nitrogens is 3. The van der Waals surface area contributed by atoms with Crippen LogP contribution in [0.5, 0.6) is 0 Å². The van der Waals surface area contributed by atoms with Crippen LogP contribution in [0.25, 0.3) is 5.52 Å². The normalized spacial score (nSPS) is 10.9. The standard InChI is InChI=1S/C7H5ClFN3/c1-4-10-2-5-3-11-6(8)7(9)12(4)5/h2-3H,1H3. The van der Waals surface area contributed by atoms with Crippen molar-refractivity contribution in [1.82, 2.24) is 14.4 Å².